The number of hydrogen-bond donors (Lipinski definition) is 1. The number of carbonyl (C=O) groups excluding carboxylic acids is 1. The molecule has 0 aliphatic carbocycles. The van der Waals surface area contributed by atoms with Crippen LogP contribution in [0, 0.1) is 5.92 Å². The van der Waals surface area contributed by atoms with Gasteiger partial charge in [0.05, 0.1) is 12.6 Å². The Kier molecular flexibility index (Phi) is 5.10. The summed E-state index contributed by atoms with van der Waals surface area (Å²) in [4.78, 5) is 17.6. The molecule has 1 atom stereocenters. The van der Waals surface area contributed by atoms with Gasteiger partial charge in [0.2, 0.25) is 0 Å². The molecule has 4 heteroatoms. The molecular weight excluding hydrogens is 216 g/mol. The summed E-state index contributed by atoms with van der Waals surface area (Å²) in [6.45, 7) is 4.15. The Hall–Kier alpha value is -1.42. The van der Waals surface area contributed by atoms with Crippen LogP contribution < -0.4 is 0 Å². The lowest BCUT2D eigenvalue weighted by atomic mass is 10.0. The summed E-state index contributed by atoms with van der Waals surface area (Å²) < 4.78 is 0. The molecule has 4 nitrogen and oxygen atoms in total. The number of aliphatic hydroxyl groups is 1. The summed E-state index contributed by atoms with van der Waals surface area (Å²) in [5, 5.41) is 9.33. The van der Waals surface area contributed by atoms with Crippen LogP contribution in [0.25, 0.3) is 0 Å². The zero-order valence-electron chi connectivity index (χ0n) is 10.6. The van der Waals surface area contributed by atoms with E-state index in [1.165, 1.54) is 0 Å². The van der Waals surface area contributed by atoms with Crippen LogP contribution in [-0.2, 0) is 0 Å². The van der Waals surface area contributed by atoms with Crippen LogP contribution >= 0.6 is 0 Å². The quantitative estimate of drug-likeness (QED) is 0.844. The van der Waals surface area contributed by atoms with Crippen molar-refractivity contribution in [3.63, 3.8) is 0 Å². The van der Waals surface area contributed by atoms with Crippen molar-refractivity contribution in [1.29, 1.82) is 0 Å². The van der Waals surface area contributed by atoms with E-state index in [1.54, 1.807) is 36.5 Å². The zero-order chi connectivity index (χ0) is 12.8. The lowest BCUT2D eigenvalue weighted by Gasteiger charge is -2.28. The summed E-state index contributed by atoms with van der Waals surface area (Å²) >= 11 is 0. The van der Waals surface area contributed by atoms with E-state index in [0.717, 1.165) is 6.42 Å². The van der Waals surface area contributed by atoms with Crippen molar-refractivity contribution in [2.75, 3.05) is 13.7 Å². The first kappa shape index (κ1) is 13.6. The number of pyridine rings is 1. The third-order valence-corrected chi connectivity index (χ3v) is 2.75. The highest BCUT2D eigenvalue weighted by molar-refractivity contribution is 5.94. The molecule has 94 valence electrons. The zero-order valence-corrected chi connectivity index (χ0v) is 10.6. The van der Waals surface area contributed by atoms with Crippen LogP contribution in [0.3, 0.4) is 0 Å². The van der Waals surface area contributed by atoms with Crippen molar-refractivity contribution < 1.29 is 9.90 Å². The van der Waals surface area contributed by atoms with Crippen LogP contribution in [0.1, 0.15) is 30.6 Å². The molecule has 1 rings (SSSR count). The molecule has 0 aromatic carbocycles. The molecule has 0 aliphatic heterocycles. The number of carbonyl (C=O) groups is 1. The fourth-order valence-corrected chi connectivity index (χ4v) is 1.76. The van der Waals surface area contributed by atoms with Gasteiger partial charge in [-0.05, 0) is 24.5 Å². The summed E-state index contributed by atoms with van der Waals surface area (Å²) in [6, 6.07) is 3.24. The van der Waals surface area contributed by atoms with Gasteiger partial charge < -0.3 is 10.0 Å². The Bertz CT molecular complexity index is 352. The third kappa shape index (κ3) is 3.82. The number of amides is 1. The highest BCUT2D eigenvalue weighted by Gasteiger charge is 2.21. The highest BCUT2D eigenvalue weighted by Crippen LogP contribution is 2.12. The number of aliphatic hydroxyl groups excluding tert-OH is 1. The van der Waals surface area contributed by atoms with E-state index in [4.69, 9.17) is 0 Å². The van der Waals surface area contributed by atoms with Crippen molar-refractivity contribution in [2.45, 2.75) is 26.3 Å². The van der Waals surface area contributed by atoms with Gasteiger partial charge >= 0.3 is 0 Å². The van der Waals surface area contributed by atoms with Crippen LogP contribution in [0.2, 0.25) is 0 Å². The van der Waals surface area contributed by atoms with E-state index in [9.17, 15) is 9.90 Å². The second-order valence-corrected chi connectivity index (χ2v) is 4.62. The molecule has 0 aliphatic rings. The van der Waals surface area contributed by atoms with Crippen molar-refractivity contribution in [1.82, 2.24) is 9.88 Å². The summed E-state index contributed by atoms with van der Waals surface area (Å²) in [7, 11) is 1.73. The Morgan fingerprint density at radius 3 is 2.47 bits per heavy atom. The molecule has 0 saturated heterocycles. The molecule has 1 aromatic heterocycles. The third-order valence-electron chi connectivity index (χ3n) is 2.75. The molecule has 1 heterocycles. The predicted molar refractivity (Wildman–Crippen MR) is 66.7 cm³/mol. The minimum atomic E-state index is -0.129. The lowest BCUT2D eigenvalue weighted by Crippen LogP contribution is -2.40. The van der Waals surface area contributed by atoms with Crippen LogP contribution in [-0.4, -0.2) is 40.6 Å². The van der Waals surface area contributed by atoms with Gasteiger partial charge in [0.15, 0.2) is 0 Å². The molecule has 0 radical (unpaired) electrons. The maximum atomic E-state index is 12.1. The fraction of sp³-hybridized carbons (Fsp3) is 0.538. The lowest BCUT2D eigenvalue weighted by molar-refractivity contribution is 0.0630. The van der Waals surface area contributed by atoms with E-state index in [1.807, 2.05) is 0 Å². The van der Waals surface area contributed by atoms with Gasteiger partial charge in [-0.3, -0.25) is 9.78 Å². The minimum absolute atomic E-state index is 0.00843. The van der Waals surface area contributed by atoms with Crippen molar-refractivity contribution in [2.24, 2.45) is 5.92 Å². The van der Waals surface area contributed by atoms with Gasteiger partial charge in [0, 0.05) is 25.0 Å². The monoisotopic (exact) mass is 236 g/mol. The summed E-state index contributed by atoms with van der Waals surface area (Å²) in [5.41, 5.74) is 0.602. The number of rotatable bonds is 5. The Labute approximate surface area is 102 Å². The van der Waals surface area contributed by atoms with Gasteiger partial charge in [0.25, 0.3) is 5.91 Å². The first-order valence-corrected chi connectivity index (χ1v) is 5.84. The van der Waals surface area contributed by atoms with E-state index in [0.29, 0.717) is 11.5 Å². The van der Waals surface area contributed by atoms with Gasteiger partial charge in [-0.1, -0.05) is 13.8 Å². The number of aromatic nitrogens is 1. The standard InChI is InChI=1S/C13H20N2O2/c1-10(2)8-12(9-16)15(3)13(17)11-4-6-14-7-5-11/h4-7,10,12,16H,8-9H2,1-3H3/t12-/m0/s1. The first-order valence-electron chi connectivity index (χ1n) is 5.84. The molecule has 0 fully saturated rings. The molecule has 1 aromatic rings. The van der Waals surface area contributed by atoms with Crippen LogP contribution in [0.15, 0.2) is 24.5 Å². The first-order chi connectivity index (χ1) is 8.06. The van der Waals surface area contributed by atoms with E-state index in [2.05, 4.69) is 18.8 Å². The molecule has 17 heavy (non-hydrogen) atoms. The Morgan fingerprint density at radius 1 is 1.41 bits per heavy atom. The van der Waals surface area contributed by atoms with Gasteiger partial charge in [0.1, 0.15) is 0 Å². The molecule has 0 bridgehead atoms. The van der Waals surface area contributed by atoms with Gasteiger partial charge in [-0.2, -0.15) is 0 Å². The smallest absolute Gasteiger partial charge is 0.254 e. The van der Waals surface area contributed by atoms with E-state index < -0.39 is 0 Å². The SMILES string of the molecule is CC(C)C[C@@H](CO)N(C)C(=O)c1ccncc1. The molecule has 1 N–H and O–H groups in total. The van der Waals surface area contributed by atoms with Crippen molar-refractivity contribution in [3.8, 4) is 0 Å². The largest absolute Gasteiger partial charge is 0.394 e. The predicted octanol–water partition coefficient (Wildman–Crippen LogP) is 1.56. The van der Waals surface area contributed by atoms with E-state index in [-0.39, 0.29) is 18.6 Å². The molecule has 1 amide bonds. The van der Waals surface area contributed by atoms with Crippen molar-refractivity contribution >= 4 is 5.91 Å². The number of likely N-dealkylation sites (N-methyl/N-ethyl adjacent to an activating group) is 1. The molecule has 0 unspecified atom stereocenters. The minimum Gasteiger partial charge on any atom is -0.394 e. The second-order valence-electron chi connectivity index (χ2n) is 4.62. The highest BCUT2D eigenvalue weighted by atomic mass is 16.3. The topological polar surface area (TPSA) is 53.4 Å². The van der Waals surface area contributed by atoms with Gasteiger partial charge in [-0.15, -0.1) is 0 Å². The van der Waals surface area contributed by atoms with Crippen molar-refractivity contribution in [3.05, 3.63) is 30.1 Å². The average Bonchev–Trinajstić information content (AvgIpc) is 2.35. The number of nitrogens with zero attached hydrogens (tertiary/aromatic N) is 2. The summed E-state index contributed by atoms with van der Waals surface area (Å²) in [5.74, 6) is 0.368. The molecule has 0 saturated carbocycles. The fourth-order valence-electron chi connectivity index (χ4n) is 1.76. The maximum Gasteiger partial charge on any atom is 0.254 e. The van der Waals surface area contributed by atoms with Crippen LogP contribution in [0.4, 0.5) is 0 Å². The Morgan fingerprint density at radius 2 is 2.00 bits per heavy atom. The van der Waals surface area contributed by atoms with Gasteiger partial charge in [-0.25, -0.2) is 0 Å². The maximum absolute atomic E-state index is 12.1. The van der Waals surface area contributed by atoms with Crippen LogP contribution in [0.5, 0.6) is 0 Å². The average molecular weight is 236 g/mol. The normalized spacial score (nSPS) is 12.5. The summed E-state index contributed by atoms with van der Waals surface area (Å²) in [6.07, 6.45) is 3.98. The molecular formula is C13H20N2O2. The second kappa shape index (κ2) is 6.35. The Balaban J connectivity index is 2.74. The molecule has 0 spiro atoms. The van der Waals surface area contributed by atoms with E-state index >= 15 is 0 Å². The number of hydrogen-bond acceptors (Lipinski definition) is 3.